The number of benzene rings is 1. The molecule has 1 aliphatic heterocycles. The lowest BCUT2D eigenvalue weighted by atomic mass is 10.0. The molecular formula is C17H16N4O2S. The zero-order valence-electron chi connectivity index (χ0n) is 12.8. The number of hydrogen-bond acceptors (Lipinski definition) is 5. The number of H-pyrrole nitrogens is 1. The molecule has 0 fully saturated rings. The first-order valence-electron chi connectivity index (χ1n) is 7.68. The van der Waals surface area contributed by atoms with Crippen LogP contribution in [0.3, 0.4) is 0 Å². The van der Waals surface area contributed by atoms with Gasteiger partial charge in [0.1, 0.15) is 11.0 Å². The molecule has 2 N–H and O–H groups in total. The molecule has 0 bridgehead atoms. The monoisotopic (exact) mass is 340 g/mol. The molecule has 4 rings (SSSR count). The summed E-state index contributed by atoms with van der Waals surface area (Å²) in [5, 5.41) is 12.5. The standard InChI is InChI=1S/C17H16N4O2S/c22-17(23)15-6-13-14(19-10-18-13)8-21(15)7-12-9-24-16(20-12)11-4-2-1-3-5-11/h1-5,9-10,15H,6-8H2,(H,18,19)(H,22,23)/t15-/m0/s1. The average molecular weight is 340 g/mol. The first-order valence-corrected chi connectivity index (χ1v) is 8.56. The van der Waals surface area contributed by atoms with Gasteiger partial charge in [0.25, 0.3) is 0 Å². The highest BCUT2D eigenvalue weighted by Crippen LogP contribution is 2.26. The van der Waals surface area contributed by atoms with Gasteiger partial charge in [-0.05, 0) is 0 Å². The zero-order chi connectivity index (χ0) is 16.5. The van der Waals surface area contributed by atoms with Crippen molar-refractivity contribution in [3.8, 4) is 10.6 Å². The van der Waals surface area contributed by atoms with Crippen LogP contribution in [-0.4, -0.2) is 37.0 Å². The summed E-state index contributed by atoms with van der Waals surface area (Å²) in [6.07, 6.45) is 2.05. The lowest BCUT2D eigenvalue weighted by Crippen LogP contribution is -2.45. The van der Waals surface area contributed by atoms with Crippen LogP contribution in [0.15, 0.2) is 42.0 Å². The first kappa shape index (κ1) is 15.0. The summed E-state index contributed by atoms with van der Waals surface area (Å²) in [5.74, 6) is -0.817. The highest BCUT2D eigenvalue weighted by molar-refractivity contribution is 7.13. The number of fused-ring (bicyclic) bond motifs is 1. The van der Waals surface area contributed by atoms with E-state index in [-0.39, 0.29) is 0 Å². The van der Waals surface area contributed by atoms with E-state index in [0.29, 0.717) is 19.5 Å². The van der Waals surface area contributed by atoms with E-state index in [2.05, 4.69) is 15.0 Å². The van der Waals surface area contributed by atoms with Crippen molar-refractivity contribution in [1.82, 2.24) is 19.9 Å². The van der Waals surface area contributed by atoms with E-state index >= 15 is 0 Å². The Balaban J connectivity index is 1.56. The van der Waals surface area contributed by atoms with Gasteiger partial charge >= 0.3 is 5.97 Å². The molecule has 7 heteroatoms. The van der Waals surface area contributed by atoms with Crippen molar-refractivity contribution in [3.05, 3.63) is 59.1 Å². The molecule has 0 radical (unpaired) electrons. The highest BCUT2D eigenvalue weighted by Gasteiger charge is 2.33. The van der Waals surface area contributed by atoms with Crippen LogP contribution in [0, 0.1) is 0 Å². The topological polar surface area (TPSA) is 82.1 Å². The number of carboxylic acid groups (broad SMARTS) is 1. The number of imidazole rings is 1. The largest absolute Gasteiger partial charge is 0.480 e. The molecule has 3 heterocycles. The lowest BCUT2D eigenvalue weighted by molar-refractivity contribution is -0.144. The van der Waals surface area contributed by atoms with E-state index in [1.54, 1.807) is 17.7 Å². The average Bonchev–Trinajstić information content (AvgIpc) is 3.23. The van der Waals surface area contributed by atoms with Crippen LogP contribution < -0.4 is 0 Å². The Morgan fingerprint density at radius 2 is 2.21 bits per heavy atom. The molecule has 0 unspecified atom stereocenters. The number of nitrogens with zero attached hydrogens (tertiary/aromatic N) is 3. The van der Waals surface area contributed by atoms with Gasteiger partial charge in [-0.1, -0.05) is 30.3 Å². The van der Waals surface area contributed by atoms with Crippen molar-refractivity contribution in [2.24, 2.45) is 0 Å². The third-order valence-corrected chi connectivity index (χ3v) is 5.16. The van der Waals surface area contributed by atoms with Crippen molar-refractivity contribution in [1.29, 1.82) is 0 Å². The van der Waals surface area contributed by atoms with Crippen molar-refractivity contribution in [2.75, 3.05) is 0 Å². The van der Waals surface area contributed by atoms with E-state index in [0.717, 1.165) is 27.7 Å². The fourth-order valence-corrected chi connectivity index (χ4v) is 3.82. The van der Waals surface area contributed by atoms with Gasteiger partial charge in [0, 0.05) is 30.5 Å². The van der Waals surface area contributed by atoms with Gasteiger partial charge in [-0.25, -0.2) is 9.97 Å². The smallest absolute Gasteiger partial charge is 0.321 e. The third-order valence-electron chi connectivity index (χ3n) is 4.22. The summed E-state index contributed by atoms with van der Waals surface area (Å²) in [6.45, 7) is 1.06. The zero-order valence-corrected chi connectivity index (χ0v) is 13.7. The maximum atomic E-state index is 11.6. The minimum atomic E-state index is -0.817. The maximum absolute atomic E-state index is 11.6. The Morgan fingerprint density at radius 1 is 1.38 bits per heavy atom. The van der Waals surface area contributed by atoms with Crippen molar-refractivity contribution < 1.29 is 9.90 Å². The van der Waals surface area contributed by atoms with Crippen LogP contribution in [0.2, 0.25) is 0 Å². The van der Waals surface area contributed by atoms with Gasteiger partial charge < -0.3 is 10.1 Å². The lowest BCUT2D eigenvalue weighted by Gasteiger charge is -2.31. The molecule has 0 aliphatic carbocycles. The number of rotatable bonds is 4. The van der Waals surface area contributed by atoms with E-state index in [4.69, 9.17) is 0 Å². The first-order chi connectivity index (χ1) is 11.7. The molecule has 0 amide bonds. The van der Waals surface area contributed by atoms with Gasteiger partial charge in [-0.2, -0.15) is 0 Å². The number of nitrogens with one attached hydrogen (secondary N) is 1. The molecule has 6 nitrogen and oxygen atoms in total. The third kappa shape index (κ3) is 2.83. The number of thiazole rings is 1. The van der Waals surface area contributed by atoms with Crippen molar-refractivity contribution in [3.63, 3.8) is 0 Å². The Morgan fingerprint density at radius 3 is 3.00 bits per heavy atom. The summed E-state index contributed by atoms with van der Waals surface area (Å²) in [6, 6.07) is 9.44. The summed E-state index contributed by atoms with van der Waals surface area (Å²) < 4.78 is 0. The van der Waals surface area contributed by atoms with Crippen LogP contribution in [0.1, 0.15) is 17.1 Å². The molecule has 2 aromatic heterocycles. The predicted octanol–water partition coefficient (Wildman–Crippen LogP) is 2.54. The number of carboxylic acids is 1. The quantitative estimate of drug-likeness (QED) is 0.763. The van der Waals surface area contributed by atoms with Crippen LogP contribution in [0.5, 0.6) is 0 Å². The Hall–Kier alpha value is -2.51. The number of aromatic amines is 1. The van der Waals surface area contributed by atoms with Crippen LogP contribution in [0.25, 0.3) is 10.6 Å². The number of carbonyl (C=O) groups is 1. The van der Waals surface area contributed by atoms with Crippen molar-refractivity contribution >= 4 is 17.3 Å². The summed E-state index contributed by atoms with van der Waals surface area (Å²) in [7, 11) is 0. The predicted molar refractivity (Wildman–Crippen MR) is 90.5 cm³/mol. The molecule has 122 valence electrons. The van der Waals surface area contributed by atoms with Gasteiger partial charge in [0.2, 0.25) is 0 Å². The van der Waals surface area contributed by atoms with Gasteiger partial charge in [-0.3, -0.25) is 9.69 Å². The second-order valence-electron chi connectivity index (χ2n) is 5.80. The molecule has 3 aromatic rings. The van der Waals surface area contributed by atoms with E-state index in [1.165, 1.54) is 0 Å². The van der Waals surface area contributed by atoms with E-state index < -0.39 is 12.0 Å². The molecule has 24 heavy (non-hydrogen) atoms. The maximum Gasteiger partial charge on any atom is 0.321 e. The molecule has 0 spiro atoms. The van der Waals surface area contributed by atoms with Crippen molar-refractivity contribution in [2.45, 2.75) is 25.6 Å². The molecule has 1 atom stereocenters. The minimum Gasteiger partial charge on any atom is -0.480 e. The molecule has 1 aliphatic rings. The van der Waals surface area contributed by atoms with Crippen LogP contribution in [-0.2, 0) is 24.3 Å². The Kier molecular flexibility index (Phi) is 3.87. The number of aromatic nitrogens is 3. The second kappa shape index (κ2) is 6.18. The fourth-order valence-electron chi connectivity index (χ4n) is 3.00. The molecule has 0 saturated carbocycles. The minimum absolute atomic E-state index is 0.420. The molecule has 0 saturated heterocycles. The summed E-state index contributed by atoms with van der Waals surface area (Å²) >= 11 is 1.58. The Labute approximate surface area is 142 Å². The SMILES string of the molecule is O=C(O)[C@@H]1Cc2nc[nH]c2CN1Cc1csc(-c2ccccc2)n1. The fraction of sp³-hybridized carbons (Fsp3) is 0.235. The number of hydrogen-bond donors (Lipinski definition) is 2. The summed E-state index contributed by atoms with van der Waals surface area (Å²) in [5.41, 5.74) is 3.82. The van der Waals surface area contributed by atoms with E-state index in [1.807, 2.05) is 40.6 Å². The normalized spacial score (nSPS) is 17.6. The molecular weight excluding hydrogens is 324 g/mol. The highest BCUT2D eigenvalue weighted by atomic mass is 32.1. The second-order valence-corrected chi connectivity index (χ2v) is 6.66. The van der Waals surface area contributed by atoms with Gasteiger partial charge in [-0.15, -0.1) is 11.3 Å². The Bertz CT molecular complexity index is 858. The van der Waals surface area contributed by atoms with Gasteiger partial charge in [0.05, 0.1) is 23.4 Å². The van der Waals surface area contributed by atoms with Crippen LogP contribution >= 0.6 is 11.3 Å². The summed E-state index contributed by atoms with van der Waals surface area (Å²) in [4.78, 5) is 25.5. The number of aliphatic carboxylic acids is 1. The van der Waals surface area contributed by atoms with E-state index in [9.17, 15) is 9.90 Å². The van der Waals surface area contributed by atoms with Gasteiger partial charge in [0.15, 0.2) is 0 Å². The molecule has 1 aromatic carbocycles. The van der Waals surface area contributed by atoms with Crippen LogP contribution in [0.4, 0.5) is 0 Å².